The zero-order valence-electron chi connectivity index (χ0n) is 14.6. The fraction of sp³-hybridized carbons (Fsp3) is 0.350. The lowest BCUT2D eigenvalue weighted by atomic mass is 10.0. The number of amides is 1. The van der Waals surface area contributed by atoms with Gasteiger partial charge in [0.1, 0.15) is 16.9 Å². The van der Waals surface area contributed by atoms with Crippen molar-refractivity contribution in [2.24, 2.45) is 11.8 Å². The summed E-state index contributed by atoms with van der Waals surface area (Å²) in [4.78, 5) is 15.4. The van der Waals surface area contributed by atoms with Crippen molar-refractivity contribution in [3.05, 3.63) is 65.7 Å². The van der Waals surface area contributed by atoms with Gasteiger partial charge in [0.05, 0.1) is 0 Å². The summed E-state index contributed by atoms with van der Waals surface area (Å²) >= 11 is 1.15. The van der Waals surface area contributed by atoms with E-state index in [1.54, 1.807) is 0 Å². The summed E-state index contributed by atoms with van der Waals surface area (Å²) < 4.78 is 27.4. The van der Waals surface area contributed by atoms with Crippen LogP contribution in [0.25, 0.3) is 0 Å². The predicted molar refractivity (Wildman–Crippen MR) is 105 cm³/mol. The standard InChI is InChI=1S/C20H20F2N2OS.ClH/c21-16-6-7-18(17(22)8-16)26-19(13-4-2-1-3-5-13)20(25)24-11-14-9-23-10-15(14)12-24;/h1-8,14-15,19,23H,9-12H2;1H/t14-,15+,19?;. The van der Waals surface area contributed by atoms with Crippen molar-refractivity contribution in [3.8, 4) is 0 Å². The Hall–Kier alpha value is -1.63. The number of hydrogen-bond acceptors (Lipinski definition) is 3. The molecule has 0 bridgehead atoms. The van der Waals surface area contributed by atoms with Crippen LogP contribution in [0.15, 0.2) is 53.4 Å². The number of carbonyl (C=O) groups excluding carboxylic acids is 1. The number of benzene rings is 2. The van der Waals surface area contributed by atoms with Crippen LogP contribution in [-0.4, -0.2) is 37.0 Å². The van der Waals surface area contributed by atoms with E-state index >= 15 is 0 Å². The minimum absolute atomic E-state index is 0. The van der Waals surface area contributed by atoms with Gasteiger partial charge in [-0.15, -0.1) is 24.2 Å². The minimum atomic E-state index is -0.633. The van der Waals surface area contributed by atoms with Crippen molar-refractivity contribution in [2.45, 2.75) is 10.1 Å². The Labute approximate surface area is 167 Å². The summed E-state index contributed by atoms with van der Waals surface area (Å²) in [6, 6.07) is 12.9. The van der Waals surface area contributed by atoms with E-state index in [-0.39, 0.29) is 23.2 Å². The van der Waals surface area contributed by atoms with Gasteiger partial charge < -0.3 is 10.2 Å². The van der Waals surface area contributed by atoms with Crippen LogP contribution in [-0.2, 0) is 4.79 Å². The molecule has 2 aliphatic heterocycles. The van der Waals surface area contributed by atoms with Crippen LogP contribution in [0, 0.1) is 23.5 Å². The zero-order valence-corrected chi connectivity index (χ0v) is 16.2. The highest BCUT2D eigenvalue weighted by Gasteiger charge is 2.40. The molecule has 4 rings (SSSR count). The first-order valence-electron chi connectivity index (χ1n) is 8.78. The van der Waals surface area contributed by atoms with E-state index in [0.29, 0.717) is 11.8 Å². The first-order valence-corrected chi connectivity index (χ1v) is 9.66. The molecule has 2 aliphatic rings. The minimum Gasteiger partial charge on any atom is -0.341 e. The number of hydrogen-bond donors (Lipinski definition) is 1. The highest BCUT2D eigenvalue weighted by molar-refractivity contribution is 8.00. The Balaban J connectivity index is 0.00000210. The molecule has 0 saturated carbocycles. The Kier molecular flexibility index (Phi) is 6.40. The van der Waals surface area contributed by atoms with Gasteiger partial charge in [-0.1, -0.05) is 30.3 Å². The van der Waals surface area contributed by atoms with Crippen LogP contribution in [0.4, 0.5) is 8.78 Å². The third-order valence-corrected chi connectivity index (χ3v) is 6.46. The smallest absolute Gasteiger partial charge is 0.240 e. The van der Waals surface area contributed by atoms with E-state index in [2.05, 4.69) is 5.32 Å². The van der Waals surface area contributed by atoms with Crippen molar-refractivity contribution in [3.63, 3.8) is 0 Å². The third kappa shape index (κ3) is 4.28. The van der Waals surface area contributed by atoms with Crippen LogP contribution >= 0.6 is 24.2 Å². The molecule has 2 aromatic carbocycles. The second-order valence-corrected chi connectivity index (χ2v) is 8.05. The molecule has 3 nitrogen and oxygen atoms in total. The van der Waals surface area contributed by atoms with Crippen molar-refractivity contribution in [2.75, 3.05) is 26.2 Å². The second kappa shape index (κ2) is 8.59. The van der Waals surface area contributed by atoms with Crippen molar-refractivity contribution in [1.29, 1.82) is 0 Å². The van der Waals surface area contributed by atoms with Gasteiger partial charge in [-0.3, -0.25) is 4.79 Å². The Morgan fingerprint density at radius 2 is 1.74 bits per heavy atom. The molecule has 144 valence electrons. The number of carbonyl (C=O) groups is 1. The van der Waals surface area contributed by atoms with Crippen LogP contribution < -0.4 is 5.32 Å². The summed E-state index contributed by atoms with van der Waals surface area (Å²) in [6.45, 7) is 3.38. The number of halogens is 3. The molecule has 2 aromatic rings. The van der Waals surface area contributed by atoms with Crippen LogP contribution in [0.1, 0.15) is 10.8 Å². The van der Waals surface area contributed by atoms with Gasteiger partial charge >= 0.3 is 0 Å². The molecule has 2 saturated heterocycles. The van der Waals surface area contributed by atoms with E-state index in [4.69, 9.17) is 0 Å². The maximum atomic E-state index is 14.2. The molecule has 0 aromatic heterocycles. The largest absolute Gasteiger partial charge is 0.341 e. The molecule has 2 heterocycles. The van der Waals surface area contributed by atoms with E-state index in [0.717, 1.165) is 49.6 Å². The van der Waals surface area contributed by atoms with Crippen molar-refractivity contribution in [1.82, 2.24) is 10.2 Å². The summed E-state index contributed by atoms with van der Waals surface area (Å²) in [5, 5.41) is 2.83. The molecular formula is C20H21ClF2N2OS. The van der Waals surface area contributed by atoms with Gasteiger partial charge in [0, 0.05) is 37.1 Å². The van der Waals surface area contributed by atoms with Gasteiger partial charge in [0.15, 0.2) is 0 Å². The number of likely N-dealkylation sites (tertiary alicyclic amines) is 1. The van der Waals surface area contributed by atoms with E-state index in [9.17, 15) is 13.6 Å². The molecule has 27 heavy (non-hydrogen) atoms. The quantitative estimate of drug-likeness (QED) is 0.776. The van der Waals surface area contributed by atoms with E-state index < -0.39 is 16.9 Å². The Bertz CT molecular complexity index is 796. The molecule has 1 amide bonds. The number of nitrogens with zero attached hydrogens (tertiary/aromatic N) is 1. The van der Waals surface area contributed by atoms with Crippen molar-refractivity contribution >= 4 is 30.1 Å². The average Bonchev–Trinajstić information content (AvgIpc) is 3.23. The molecule has 0 aliphatic carbocycles. The van der Waals surface area contributed by atoms with Gasteiger partial charge in [-0.05, 0) is 29.5 Å². The summed E-state index contributed by atoms with van der Waals surface area (Å²) in [5.41, 5.74) is 0.835. The zero-order chi connectivity index (χ0) is 18.1. The molecule has 1 unspecified atom stereocenters. The van der Waals surface area contributed by atoms with Crippen molar-refractivity contribution < 1.29 is 13.6 Å². The van der Waals surface area contributed by atoms with Crippen LogP contribution in [0.3, 0.4) is 0 Å². The normalized spacial score (nSPS) is 22.2. The number of rotatable bonds is 4. The third-order valence-electron chi connectivity index (χ3n) is 5.17. The molecule has 0 spiro atoms. The SMILES string of the molecule is Cl.O=C(C(Sc1ccc(F)cc1F)c1ccccc1)N1C[C@H]2CNC[C@H]2C1. The lowest BCUT2D eigenvalue weighted by Crippen LogP contribution is -2.34. The Morgan fingerprint density at radius 1 is 1.07 bits per heavy atom. The fourth-order valence-electron chi connectivity index (χ4n) is 3.79. The van der Waals surface area contributed by atoms with E-state index in [1.165, 1.54) is 12.1 Å². The molecule has 2 fully saturated rings. The summed E-state index contributed by atoms with van der Waals surface area (Å²) in [7, 11) is 0. The molecule has 7 heteroatoms. The monoisotopic (exact) mass is 410 g/mol. The number of thioether (sulfide) groups is 1. The van der Waals surface area contributed by atoms with Gasteiger partial charge in [-0.2, -0.15) is 0 Å². The van der Waals surface area contributed by atoms with E-state index in [1.807, 2.05) is 35.2 Å². The van der Waals surface area contributed by atoms with Crippen LogP contribution in [0.5, 0.6) is 0 Å². The van der Waals surface area contributed by atoms with Gasteiger partial charge in [-0.25, -0.2) is 8.78 Å². The summed E-state index contributed by atoms with van der Waals surface area (Å²) in [5.74, 6) is -0.245. The number of fused-ring (bicyclic) bond motifs is 1. The lowest BCUT2D eigenvalue weighted by molar-refractivity contribution is -0.130. The van der Waals surface area contributed by atoms with Gasteiger partial charge in [0.25, 0.3) is 0 Å². The molecular weight excluding hydrogens is 390 g/mol. The highest BCUT2D eigenvalue weighted by Crippen LogP contribution is 2.40. The predicted octanol–water partition coefficient (Wildman–Crippen LogP) is 3.90. The maximum Gasteiger partial charge on any atom is 0.240 e. The molecule has 1 N–H and O–H groups in total. The molecule has 3 atom stereocenters. The Morgan fingerprint density at radius 3 is 2.37 bits per heavy atom. The highest BCUT2D eigenvalue weighted by atomic mass is 35.5. The lowest BCUT2D eigenvalue weighted by Gasteiger charge is -2.24. The summed E-state index contributed by atoms with van der Waals surface area (Å²) in [6.07, 6.45) is 0. The maximum absolute atomic E-state index is 14.2. The van der Waals surface area contributed by atoms with Crippen LogP contribution in [0.2, 0.25) is 0 Å². The number of nitrogens with one attached hydrogen (secondary N) is 1. The topological polar surface area (TPSA) is 32.3 Å². The van der Waals surface area contributed by atoms with Gasteiger partial charge in [0.2, 0.25) is 5.91 Å². The molecule has 0 radical (unpaired) electrons. The fourth-order valence-corrected chi connectivity index (χ4v) is 4.90. The average molecular weight is 411 g/mol. The first kappa shape index (κ1) is 20.1. The first-order chi connectivity index (χ1) is 12.6. The second-order valence-electron chi connectivity index (χ2n) is 6.90.